The van der Waals surface area contributed by atoms with Crippen molar-refractivity contribution in [2.24, 2.45) is 0 Å². The van der Waals surface area contributed by atoms with E-state index in [2.05, 4.69) is 9.57 Å². The Morgan fingerprint density at radius 2 is 1.87 bits per heavy atom. The van der Waals surface area contributed by atoms with Gasteiger partial charge >= 0.3 is 5.97 Å². The summed E-state index contributed by atoms with van der Waals surface area (Å²) in [6.07, 6.45) is 0. The molecule has 0 heterocycles. The van der Waals surface area contributed by atoms with Gasteiger partial charge in [0.15, 0.2) is 9.84 Å². The first-order valence-corrected chi connectivity index (χ1v) is 5.77. The van der Waals surface area contributed by atoms with Crippen molar-refractivity contribution < 1.29 is 27.9 Å². The Hall–Kier alpha value is -1.38. The molecule has 88 valence electrons. The highest BCUT2D eigenvalue weighted by Crippen LogP contribution is 1.92. The third-order valence-electron chi connectivity index (χ3n) is 1.29. The Morgan fingerprint density at radius 3 is 2.33 bits per heavy atom. The minimum absolute atomic E-state index is 0.254. The molecule has 0 amide bonds. The molecule has 0 bridgehead atoms. The highest BCUT2D eigenvalue weighted by atomic mass is 32.2. The van der Waals surface area contributed by atoms with Gasteiger partial charge in [-0.05, 0) is 0 Å². The van der Waals surface area contributed by atoms with Crippen LogP contribution in [0.15, 0.2) is 0 Å². The molecule has 9 heteroatoms. The number of hydrogen-bond donors (Lipinski definition) is 0. The number of hydrogen-bond acceptors (Lipinski definition) is 7. The highest BCUT2D eigenvalue weighted by molar-refractivity contribution is 7.91. The molecular weight excluding hydrogens is 230 g/mol. The van der Waals surface area contributed by atoms with E-state index in [1.54, 1.807) is 0 Å². The van der Waals surface area contributed by atoms with E-state index in [-0.39, 0.29) is 12.4 Å². The average molecular weight is 241 g/mol. The lowest BCUT2D eigenvalue weighted by atomic mass is 10.8. The van der Waals surface area contributed by atoms with Crippen LogP contribution in [0, 0.1) is 10.1 Å². The van der Waals surface area contributed by atoms with Crippen LogP contribution in [-0.4, -0.2) is 44.2 Å². The fourth-order valence-electron chi connectivity index (χ4n) is 0.653. The Balaban J connectivity index is 3.77. The quantitative estimate of drug-likeness (QED) is 0.325. The Kier molecular flexibility index (Phi) is 5.60. The van der Waals surface area contributed by atoms with Crippen LogP contribution >= 0.6 is 0 Å². The van der Waals surface area contributed by atoms with Crippen LogP contribution in [0.3, 0.4) is 0 Å². The maximum Gasteiger partial charge on any atom is 0.302 e. The highest BCUT2D eigenvalue weighted by Gasteiger charge is 2.12. The Bertz CT molecular complexity index is 296. The van der Waals surface area contributed by atoms with E-state index in [0.29, 0.717) is 0 Å². The molecule has 0 aromatic rings. The van der Waals surface area contributed by atoms with Crippen molar-refractivity contribution in [3.05, 3.63) is 10.1 Å². The molecule has 0 aliphatic heterocycles. The number of rotatable bonds is 7. The van der Waals surface area contributed by atoms with Crippen molar-refractivity contribution >= 4 is 15.8 Å². The van der Waals surface area contributed by atoms with E-state index in [1.807, 2.05) is 0 Å². The summed E-state index contributed by atoms with van der Waals surface area (Å²) in [6, 6.07) is 0. The van der Waals surface area contributed by atoms with Gasteiger partial charge in [-0.2, -0.15) is 0 Å². The predicted molar refractivity (Wildman–Crippen MR) is 48.2 cm³/mol. The molecule has 0 spiro atoms. The average Bonchev–Trinajstić information content (AvgIpc) is 2.01. The van der Waals surface area contributed by atoms with Crippen LogP contribution in [0.2, 0.25) is 0 Å². The fraction of sp³-hybridized carbons (Fsp3) is 0.833. The smallest absolute Gasteiger partial charge is 0.302 e. The van der Waals surface area contributed by atoms with E-state index >= 15 is 0 Å². The molecule has 0 aliphatic carbocycles. The number of carbonyl (C=O) groups is 1. The summed E-state index contributed by atoms with van der Waals surface area (Å²) >= 11 is 0. The summed E-state index contributed by atoms with van der Waals surface area (Å²) in [6.45, 7) is 0.383. The topological polar surface area (TPSA) is 113 Å². The summed E-state index contributed by atoms with van der Waals surface area (Å²) in [7, 11) is -3.48. The van der Waals surface area contributed by atoms with Crippen molar-refractivity contribution in [2.45, 2.75) is 6.92 Å². The van der Waals surface area contributed by atoms with E-state index in [1.165, 1.54) is 0 Å². The van der Waals surface area contributed by atoms with Crippen molar-refractivity contribution in [1.29, 1.82) is 0 Å². The molecule has 0 aromatic heterocycles. The zero-order valence-electron chi connectivity index (χ0n) is 8.04. The largest absolute Gasteiger partial charge is 0.465 e. The monoisotopic (exact) mass is 241 g/mol. The summed E-state index contributed by atoms with van der Waals surface area (Å²) in [5.41, 5.74) is 0. The first-order chi connectivity index (χ1) is 6.83. The zero-order chi connectivity index (χ0) is 11.9. The lowest BCUT2D eigenvalue weighted by Crippen LogP contribution is -2.20. The molecule has 8 nitrogen and oxygen atoms in total. The van der Waals surface area contributed by atoms with Gasteiger partial charge in [0.25, 0.3) is 5.09 Å². The van der Waals surface area contributed by atoms with E-state index in [4.69, 9.17) is 0 Å². The van der Waals surface area contributed by atoms with Crippen LogP contribution in [0.25, 0.3) is 0 Å². The number of esters is 1. The molecule has 0 saturated heterocycles. The molecule has 0 aromatic carbocycles. The first kappa shape index (κ1) is 13.6. The van der Waals surface area contributed by atoms with E-state index < -0.39 is 33.3 Å². The second-order valence-corrected chi connectivity index (χ2v) is 4.85. The summed E-state index contributed by atoms with van der Waals surface area (Å²) in [5.74, 6) is -1.42. The maximum atomic E-state index is 11.1. The van der Waals surface area contributed by atoms with Gasteiger partial charge in [0.1, 0.15) is 13.2 Å². The number of nitrogens with zero attached hydrogens (tertiary/aromatic N) is 1. The second-order valence-electron chi connectivity index (χ2n) is 2.55. The van der Waals surface area contributed by atoms with Crippen molar-refractivity contribution in [1.82, 2.24) is 0 Å². The molecule has 0 aliphatic rings. The van der Waals surface area contributed by atoms with Crippen molar-refractivity contribution in [3.63, 3.8) is 0 Å². The maximum absolute atomic E-state index is 11.1. The molecule has 0 atom stereocenters. The Morgan fingerprint density at radius 1 is 1.33 bits per heavy atom. The van der Waals surface area contributed by atoms with Crippen LogP contribution < -0.4 is 0 Å². The van der Waals surface area contributed by atoms with E-state index in [0.717, 1.165) is 6.92 Å². The summed E-state index contributed by atoms with van der Waals surface area (Å²) < 4.78 is 26.6. The lowest BCUT2D eigenvalue weighted by Gasteiger charge is -2.03. The van der Waals surface area contributed by atoms with Crippen molar-refractivity contribution in [2.75, 3.05) is 24.7 Å². The lowest BCUT2D eigenvalue weighted by molar-refractivity contribution is -0.756. The van der Waals surface area contributed by atoms with Crippen LogP contribution in [0.5, 0.6) is 0 Å². The molecule has 15 heavy (non-hydrogen) atoms. The van der Waals surface area contributed by atoms with Crippen LogP contribution in [-0.2, 0) is 24.2 Å². The number of ether oxygens (including phenoxy) is 1. The molecular formula is C6H11NO7S. The SMILES string of the molecule is CC(=O)OCCS(=O)(=O)CCO[N+](=O)[O-]. The molecule has 0 saturated carbocycles. The van der Waals surface area contributed by atoms with Gasteiger partial charge in [0.05, 0.1) is 11.5 Å². The van der Waals surface area contributed by atoms with Gasteiger partial charge in [-0.15, -0.1) is 10.1 Å². The number of sulfone groups is 1. The van der Waals surface area contributed by atoms with Gasteiger partial charge in [-0.1, -0.05) is 0 Å². The molecule has 0 N–H and O–H groups in total. The van der Waals surface area contributed by atoms with Crippen LogP contribution in [0.4, 0.5) is 0 Å². The van der Waals surface area contributed by atoms with Gasteiger partial charge in [-0.25, -0.2) is 8.42 Å². The standard InChI is InChI=1S/C6H11NO7S/c1-6(8)13-2-4-15(11,12)5-3-14-7(9)10/h2-5H2,1H3. The molecule has 0 radical (unpaired) electrons. The van der Waals surface area contributed by atoms with Gasteiger partial charge < -0.3 is 9.57 Å². The van der Waals surface area contributed by atoms with Gasteiger partial charge in [-0.3, -0.25) is 4.79 Å². The summed E-state index contributed by atoms with van der Waals surface area (Å²) in [4.78, 5) is 23.8. The normalized spacial score (nSPS) is 10.7. The molecule has 0 rings (SSSR count). The molecule has 0 fully saturated rings. The van der Waals surface area contributed by atoms with E-state index in [9.17, 15) is 23.3 Å². The van der Waals surface area contributed by atoms with Crippen molar-refractivity contribution in [3.8, 4) is 0 Å². The second kappa shape index (κ2) is 6.17. The molecule has 0 unspecified atom stereocenters. The zero-order valence-corrected chi connectivity index (χ0v) is 8.86. The third kappa shape index (κ3) is 8.94. The fourth-order valence-corrected chi connectivity index (χ4v) is 1.52. The van der Waals surface area contributed by atoms with Gasteiger partial charge in [0.2, 0.25) is 0 Å². The third-order valence-corrected chi connectivity index (χ3v) is 2.87. The predicted octanol–water partition coefficient (Wildman–Crippen LogP) is -0.827. The Labute approximate surface area is 86.2 Å². The summed E-state index contributed by atoms with van der Waals surface area (Å²) in [5, 5.41) is 8.64. The van der Waals surface area contributed by atoms with Gasteiger partial charge in [0, 0.05) is 6.92 Å². The number of carbonyl (C=O) groups excluding carboxylic acids is 1. The first-order valence-electron chi connectivity index (χ1n) is 3.94. The van der Waals surface area contributed by atoms with Crippen LogP contribution in [0.1, 0.15) is 6.92 Å². The minimum Gasteiger partial charge on any atom is -0.465 e. The minimum atomic E-state index is -3.48.